The van der Waals surface area contributed by atoms with E-state index in [1.54, 1.807) is 0 Å². The number of hydrogen-bond acceptors (Lipinski definition) is 3. The standard InChI is InChI=1S/C13H17Cl2N3.2ClH/c14-11-4-3-10(13(15)17-11)12(9-1-2-9)18-7-5-16-6-8-18;;/h3-4,9,12,16H,1-2,5-8H2;2*1H/t12-;;/m0../s1. The number of nitrogens with one attached hydrogen (secondary N) is 1. The van der Waals surface area contributed by atoms with Gasteiger partial charge >= 0.3 is 0 Å². The zero-order chi connectivity index (χ0) is 12.5. The smallest absolute Gasteiger partial charge is 0.135 e. The first kappa shape index (κ1) is 18.3. The number of rotatable bonds is 3. The van der Waals surface area contributed by atoms with E-state index < -0.39 is 0 Å². The van der Waals surface area contributed by atoms with Crippen LogP contribution in [0.1, 0.15) is 24.4 Å². The van der Waals surface area contributed by atoms with Crippen LogP contribution in [-0.4, -0.2) is 36.1 Å². The van der Waals surface area contributed by atoms with E-state index >= 15 is 0 Å². The molecule has 1 aromatic heterocycles. The lowest BCUT2D eigenvalue weighted by Gasteiger charge is -2.35. The molecule has 0 radical (unpaired) electrons. The Hall–Kier alpha value is 0.230. The molecule has 0 bridgehead atoms. The van der Waals surface area contributed by atoms with Crippen molar-refractivity contribution in [2.75, 3.05) is 26.2 Å². The first-order valence-electron chi connectivity index (χ1n) is 6.52. The van der Waals surface area contributed by atoms with Crippen molar-refractivity contribution in [3.8, 4) is 0 Å². The van der Waals surface area contributed by atoms with Crippen molar-refractivity contribution >= 4 is 48.0 Å². The minimum absolute atomic E-state index is 0. The van der Waals surface area contributed by atoms with Crippen LogP contribution >= 0.6 is 48.0 Å². The predicted octanol–water partition coefficient (Wildman–Crippen LogP) is 3.59. The van der Waals surface area contributed by atoms with Gasteiger partial charge in [0.1, 0.15) is 10.3 Å². The van der Waals surface area contributed by atoms with Gasteiger partial charge < -0.3 is 5.32 Å². The molecule has 0 amide bonds. The van der Waals surface area contributed by atoms with E-state index in [1.165, 1.54) is 12.8 Å². The average Bonchev–Trinajstić information content (AvgIpc) is 3.18. The van der Waals surface area contributed by atoms with E-state index in [9.17, 15) is 0 Å². The van der Waals surface area contributed by atoms with Gasteiger partial charge in [-0.05, 0) is 24.8 Å². The summed E-state index contributed by atoms with van der Waals surface area (Å²) in [7, 11) is 0. The molecule has 1 aliphatic carbocycles. The second-order valence-corrected chi connectivity index (χ2v) is 5.83. The molecule has 0 unspecified atom stereocenters. The Bertz CT molecular complexity index is 434. The van der Waals surface area contributed by atoms with Gasteiger partial charge in [-0.3, -0.25) is 4.90 Å². The average molecular weight is 359 g/mol. The van der Waals surface area contributed by atoms with Gasteiger partial charge in [0.05, 0.1) is 0 Å². The Kier molecular flexibility index (Phi) is 7.33. The summed E-state index contributed by atoms with van der Waals surface area (Å²) < 4.78 is 0. The van der Waals surface area contributed by atoms with Gasteiger partial charge in [0, 0.05) is 37.8 Å². The highest BCUT2D eigenvalue weighted by Gasteiger charge is 2.37. The first-order valence-corrected chi connectivity index (χ1v) is 7.28. The molecule has 3 rings (SSSR count). The van der Waals surface area contributed by atoms with Crippen molar-refractivity contribution in [1.82, 2.24) is 15.2 Å². The third-order valence-electron chi connectivity index (χ3n) is 3.78. The number of pyridine rings is 1. The van der Waals surface area contributed by atoms with Gasteiger partial charge in [0.2, 0.25) is 0 Å². The van der Waals surface area contributed by atoms with Crippen molar-refractivity contribution in [3.63, 3.8) is 0 Å². The van der Waals surface area contributed by atoms with Crippen LogP contribution in [0.15, 0.2) is 12.1 Å². The summed E-state index contributed by atoms with van der Waals surface area (Å²) in [6.07, 6.45) is 2.60. The van der Waals surface area contributed by atoms with Crippen LogP contribution in [0, 0.1) is 5.92 Å². The van der Waals surface area contributed by atoms with Gasteiger partial charge in [-0.15, -0.1) is 24.8 Å². The number of halogens is 4. The van der Waals surface area contributed by atoms with Crippen molar-refractivity contribution in [1.29, 1.82) is 0 Å². The maximum absolute atomic E-state index is 6.28. The van der Waals surface area contributed by atoms with Gasteiger partial charge in [-0.2, -0.15) is 0 Å². The van der Waals surface area contributed by atoms with Crippen LogP contribution < -0.4 is 5.32 Å². The molecule has 1 aromatic rings. The van der Waals surface area contributed by atoms with Crippen LogP contribution in [0.25, 0.3) is 0 Å². The summed E-state index contributed by atoms with van der Waals surface area (Å²) in [5.74, 6) is 0.739. The zero-order valence-corrected chi connectivity index (χ0v) is 14.2. The van der Waals surface area contributed by atoms with E-state index in [-0.39, 0.29) is 24.8 Å². The minimum Gasteiger partial charge on any atom is -0.314 e. The lowest BCUT2D eigenvalue weighted by Crippen LogP contribution is -2.45. The summed E-state index contributed by atoms with van der Waals surface area (Å²) in [4.78, 5) is 6.72. The third-order valence-corrected chi connectivity index (χ3v) is 4.29. The molecule has 1 saturated carbocycles. The zero-order valence-electron chi connectivity index (χ0n) is 11.0. The second kappa shape index (κ2) is 8.02. The van der Waals surface area contributed by atoms with Crippen LogP contribution in [0.2, 0.25) is 10.3 Å². The molecule has 7 heteroatoms. The molecule has 0 spiro atoms. The number of hydrogen-bond donors (Lipinski definition) is 1. The second-order valence-electron chi connectivity index (χ2n) is 5.08. The maximum Gasteiger partial charge on any atom is 0.135 e. The highest BCUT2D eigenvalue weighted by molar-refractivity contribution is 6.32. The molecule has 2 fully saturated rings. The normalized spacial score (nSPS) is 20.7. The molecule has 20 heavy (non-hydrogen) atoms. The summed E-state index contributed by atoms with van der Waals surface area (Å²) in [5.41, 5.74) is 1.14. The highest BCUT2D eigenvalue weighted by Crippen LogP contribution is 2.46. The monoisotopic (exact) mass is 357 g/mol. The van der Waals surface area contributed by atoms with Crippen LogP contribution in [0.3, 0.4) is 0 Å². The summed E-state index contributed by atoms with van der Waals surface area (Å²) in [6, 6.07) is 4.31. The van der Waals surface area contributed by atoms with Crippen molar-refractivity contribution < 1.29 is 0 Å². The van der Waals surface area contributed by atoms with E-state index in [0.717, 1.165) is 37.7 Å². The molecule has 2 aliphatic rings. The van der Waals surface area contributed by atoms with Crippen molar-refractivity contribution in [3.05, 3.63) is 28.0 Å². The molecule has 0 aromatic carbocycles. The maximum atomic E-state index is 6.28. The van der Waals surface area contributed by atoms with Gasteiger partial charge in [-0.25, -0.2) is 4.98 Å². The van der Waals surface area contributed by atoms with E-state index in [4.69, 9.17) is 23.2 Å². The number of nitrogens with zero attached hydrogens (tertiary/aromatic N) is 2. The fraction of sp³-hybridized carbons (Fsp3) is 0.615. The number of piperazine rings is 1. The molecular weight excluding hydrogens is 340 g/mol. The van der Waals surface area contributed by atoms with Gasteiger partial charge in [-0.1, -0.05) is 29.3 Å². The van der Waals surface area contributed by atoms with Crippen LogP contribution in [0.5, 0.6) is 0 Å². The lowest BCUT2D eigenvalue weighted by atomic mass is 10.0. The summed E-state index contributed by atoms with van der Waals surface area (Å²) in [5, 5.41) is 4.43. The fourth-order valence-corrected chi connectivity index (χ4v) is 3.22. The van der Waals surface area contributed by atoms with E-state index in [1.807, 2.05) is 12.1 Å². The summed E-state index contributed by atoms with van der Waals surface area (Å²) in [6.45, 7) is 4.28. The largest absolute Gasteiger partial charge is 0.314 e. The predicted molar refractivity (Wildman–Crippen MR) is 88.7 cm³/mol. The summed E-state index contributed by atoms with van der Waals surface area (Å²) >= 11 is 12.2. The van der Waals surface area contributed by atoms with Crippen molar-refractivity contribution in [2.45, 2.75) is 18.9 Å². The molecule has 1 atom stereocenters. The molecule has 3 nitrogen and oxygen atoms in total. The van der Waals surface area contributed by atoms with E-state index in [2.05, 4.69) is 15.2 Å². The van der Waals surface area contributed by atoms with Crippen molar-refractivity contribution in [2.24, 2.45) is 5.92 Å². The fourth-order valence-electron chi connectivity index (χ4n) is 2.76. The molecule has 2 heterocycles. The van der Waals surface area contributed by atoms with Crippen LogP contribution in [-0.2, 0) is 0 Å². The van der Waals surface area contributed by atoms with Crippen LogP contribution in [0.4, 0.5) is 0 Å². The molecule has 1 saturated heterocycles. The first-order chi connectivity index (χ1) is 8.75. The SMILES string of the molecule is Cl.Cl.Clc1ccc([C@H](C2CC2)N2CCNCC2)c(Cl)n1. The minimum atomic E-state index is 0. The third kappa shape index (κ3) is 4.12. The lowest BCUT2D eigenvalue weighted by molar-refractivity contribution is 0.156. The molecule has 1 aliphatic heterocycles. The Morgan fingerprint density at radius 1 is 1.15 bits per heavy atom. The van der Waals surface area contributed by atoms with Gasteiger partial charge in [0.25, 0.3) is 0 Å². The molecule has 114 valence electrons. The molecule has 1 N–H and O–H groups in total. The Balaban J connectivity index is 0.000001000. The topological polar surface area (TPSA) is 28.2 Å². The number of aromatic nitrogens is 1. The highest BCUT2D eigenvalue weighted by atomic mass is 35.5. The Morgan fingerprint density at radius 3 is 2.35 bits per heavy atom. The molecular formula is C13H19Cl4N3. The Labute approximate surface area is 142 Å². The van der Waals surface area contributed by atoms with E-state index in [0.29, 0.717) is 16.3 Å². The van der Waals surface area contributed by atoms with Gasteiger partial charge in [0.15, 0.2) is 0 Å². The Morgan fingerprint density at radius 2 is 1.80 bits per heavy atom. The quantitative estimate of drug-likeness (QED) is 0.837.